The number of benzene rings is 1. The van der Waals surface area contributed by atoms with Crippen molar-refractivity contribution >= 4 is 5.69 Å². The lowest BCUT2D eigenvalue weighted by Gasteiger charge is -2.01. The first kappa shape index (κ1) is 12.5. The molecule has 0 amide bonds. The lowest BCUT2D eigenvalue weighted by molar-refractivity contribution is 0.414. The number of nitrogens with zero attached hydrogens (tertiary/aromatic N) is 2. The highest BCUT2D eigenvalue weighted by Gasteiger charge is 2.18. The highest BCUT2D eigenvalue weighted by atomic mass is 19.1. The fourth-order valence-electron chi connectivity index (χ4n) is 1.46. The molecule has 2 N–H and O–H groups in total. The number of nitrogens with two attached hydrogens (primary N) is 1. The maximum absolute atomic E-state index is 13.6. The molecule has 0 aliphatic rings. The number of anilines is 1. The third kappa shape index (κ3) is 2.18. The first-order chi connectivity index (χ1) is 8.52. The second kappa shape index (κ2) is 4.72. The van der Waals surface area contributed by atoms with Gasteiger partial charge in [-0.2, -0.15) is 4.98 Å². The van der Waals surface area contributed by atoms with Crippen molar-refractivity contribution in [1.82, 2.24) is 10.1 Å². The Morgan fingerprint density at radius 1 is 1.33 bits per heavy atom. The topological polar surface area (TPSA) is 64.9 Å². The van der Waals surface area contributed by atoms with E-state index in [0.29, 0.717) is 11.9 Å². The Balaban J connectivity index is 2.43. The summed E-state index contributed by atoms with van der Waals surface area (Å²) in [7, 11) is 0. The second-order valence-electron chi connectivity index (χ2n) is 4.12. The molecular formula is C12H13F2N3O. The summed E-state index contributed by atoms with van der Waals surface area (Å²) in [6.07, 6.45) is 0.840. The van der Waals surface area contributed by atoms with Crippen molar-refractivity contribution in [1.29, 1.82) is 0 Å². The molecule has 6 heteroatoms. The number of aromatic nitrogens is 2. The summed E-state index contributed by atoms with van der Waals surface area (Å²) in [5.74, 6) is -0.966. The molecule has 4 nitrogen and oxygen atoms in total. The van der Waals surface area contributed by atoms with Crippen molar-refractivity contribution in [3.63, 3.8) is 0 Å². The number of rotatable bonds is 3. The summed E-state index contributed by atoms with van der Waals surface area (Å²) >= 11 is 0. The smallest absolute Gasteiger partial charge is 0.260 e. The first-order valence-corrected chi connectivity index (χ1v) is 5.61. The zero-order valence-corrected chi connectivity index (χ0v) is 10.1. The van der Waals surface area contributed by atoms with E-state index in [0.717, 1.165) is 12.5 Å². The standard InChI is InChI=1S/C12H13F2N3O/c1-3-6(2)11-16-12(18-17-11)7-4-10(15)9(14)5-8(7)13/h4-6H,3,15H2,1-2H3. The van der Waals surface area contributed by atoms with Crippen LogP contribution in [0.2, 0.25) is 0 Å². The molecule has 0 saturated carbocycles. The van der Waals surface area contributed by atoms with Gasteiger partial charge in [-0.05, 0) is 12.5 Å². The van der Waals surface area contributed by atoms with E-state index in [-0.39, 0.29) is 23.1 Å². The molecule has 2 rings (SSSR count). The Morgan fingerprint density at radius 3 is 2.72 bits per heavy atom. The zero-order chi connectivity index (χ0) is 13.3. The van der Waals surface area contributed by atoms with Crippen LogP contribution >= 0.6 is 0 Å². The molecule has 0 fully saturated rings. The van der Waals surface area contributed by atoms with Gasteiger partial charge >= 0.3 is 0 Å². The molecule has 0 aliphatic heterocycles. The number of hydrogen-bond donors (Lipinski definition) is 1. The second-order valence-corrected chi connectivity index (χ2v) is 4.12. The third-order valence-corrected chi connectivity index (χ3v) is 2.81. The Hall–Kier alpha value is -1.98. The lowest BCUT2D eigenvalue weighted by Crippen LogP contribution is -1.96. The van der Waals surface area contributed by atoms with Crippen LogP contribution in [0.1, 0.15) is 32.0 Å². The van der Waals surface area contributed by atoms with Gasteiger partial charge in [0.25, 0.3) is 5.89 Å². The van der Waals surface area contributed by atoms with Crippen molar-refractivity contribution in [2.75, 3.05) is 5.73 Å². The quantitative estimate of drug-likeness (QED) is 0.853. The Kier molecular flexibility index (Phi) is 3.27. The van der Waals surface area contributed by atoms with Crippen molar-refractivity contribution in [2.45, 2.75) is 26.2 Å². The molecule has 0 radical (unpaired) electrons. The molecule has 0 aliphatic carbocycles. The number of nitrogen functional groups attached to an aromatic ring is 1. The van der Waals surface area contributed by atoms with Gasteiger partial charge in [-0.15, -0.1) is 0 Å². The van der Waals surface area contributed by atoms with E-state index < -0.39 is 11.6 Å². The van der Waals surface area contributed by atoms with E-state index in [1.165, 1.54) is 0 Å². The van der Waals surface area contributed by atoms with Crippen LogP contribution < -0.4 is 5.73 Å². The molecular weight excluding hydrogens is 240 g/mol. The predicted octanol–water partition coefficient (Wildman–Crippen LogP) is 3.11. The van der Waals surface area contributed by atoms with Crippen LogP contribution in [0.5, 0.6) is 0 Å². The summed E-state index contributed by atoms with van der Waals surface area (Å²) in [5, 5.41) is 3.77. The van der Waals surface area contributed by atoms with Crippen LogP contribution in [0.15, 0.2) is 16.7 Å². The van der Waals surface area contributed by atoms with Gasteiger partial charge in [0, 0.05) is 12.0 Å². The minimum absolute atomic E-state index is 0.00880. The molecule has 1 aromatic heterocycles. The van der Waals surface area contributed by atoms with E-state index in [1.807, 2.05) is 13.8 Å². The van der Waals surface area contributed by atoms with Crippen LogP contribution in [0, 0.1) is 11.6 Å². The van der Waals surface area contributed by atoms with Gasteiger partial charge < -0.3 is 10.3 Å². The van der Waals surface area contributed by atoms with E-state index in [2.05, 4.69) is 10.1 Å². The van der Waals surface area contributed by atoms with Crippen LogP contribution in [-0.2, 0) is 0 Å². The first-order valence-electron chi connectivity index (χ1n) is 5.61. The van der Waals surface area contributed by atoms with E-state index in [9.17, 15) is 8.78 Å². The van der Waals surface area contributed by atoms with Crippen LogP contribution in [0.4, 0.5) is 14.5 Å². The summed E-state index contributed by atoms with van der Waals surface area (Å²) in [6.45, 7) is 3.92. The Labute approximate surface area is 103 Å². The largest absolute Gasteiger partial charge is 0.396 e. The van der Waals surface area contributed by atoms with Gasteiger partial charge in [-0.3, -0.25) is 0 Å². The van der Waals surface area contributed by atoms with Gasteiger partial charge in [-0.25, -0.2) is 8.78 Å². The summed E-state index contributed by atoms with van der Waals surface area (Å²) in [6, 6.07) is 1.86. The van der Waals surface area contributed by atoms with Crippen molar-refractivity contribution in [3.8, 4) is 11.5 Å². The maximum Gasteiger partial charge on any atom is 0.260 e. The summed E-state index contributed by atoms with van der Waals surface area (Å²) in [4.78, 5) is 4.09. The summed E-state index contributed by atoms with van der Waals surface area (Å²) < 4.78 is 31.6. The normalized spacial score (nSPS) is 12.7. The highest BCUT2D eigenvalue weighted by Crippen LogP contribution is 2.27. The van der Waals surface area contributed by atoms with Crippen molar-refractivity contribution in [3.05, 3.63) is 29.6 Å². The molecule has 0 saturated heterocycles. The molecule has 1 unspecified atom stereocenters. The third-order valence-electron chi connectivity index (χ3n) is 2.81. The molecule has 0 bridgehead atoms. The predicted molar refractivity (Wildman–Crippen MR) is 62.8 cm³/mol. The monoisotopic (exact) mass is 253 g/mol. The SMILES string of the molecule is CCC(C)c1noc(-c2cc(N)c(F)cc2F)n1. The molecule has 18 heavy (non-hydrogen) atoms. The van der Waals surface area contributed by atoms with Crippen LogP contribution in [-0.4, -0.2) is 10.1 Å². The minimum atomic E-state index is -0.807. The molecule has 1 heterocycles. The zero-order valence-electron chi connectivity index (χ0n) is 10.1. The van der Waals surface area contributed by atoms with E-state index in [4.69, 9.17) is 10.3 Å². The van der Waals surface area contributed by atoms with Crippen molar-refractivity contribution in [2.24, 2.45) is 0 Å². The molecule has 96 valence electrons. The van der Waals surface area contributed by atoms with Gasteiger partial charge in [0.15, 0.2) is 5.82 Å². The fraction of sp³-hybridized carbons (Fsp3) is 0.333. The van der Waals surface area contributed by atoms with E-state index >= 15 is 0 Å². The van der Waals surface area contributed by atoms with E-state index in [1.54, 1.807) is 0 Å². The molecule has 1 atom stereocenters. The van der Waals surface area contributed by atoms with Gasteiger partial charge in [-0.1, -0.05) is 19.0 Å². The van der Waals surface area contributed by atoms with Crippen LogP contribution in [0.3, 0.4) is 0 Å². The molecule has 2 aromatic rings. The van der Waals surface area contributed by atoms with Gasteiger partial charge in [0.05, 0.1) is 11.3 Å². The van der Waals surface area contributed by atoms with Crippen molar-refractivity contribution < 1.29 is 13.3 Å². The number of hydrogen-bond acceptors (Lipinski definition) is 4. The summed E-state index contributed by atoms with van der Waals surface area (Å²) in [5.41, 5.74) is 5.24. The minimum Gasteiger partial charge on any atom is -0.396 e. The average molecular weight is 253 g/mol. The highest BCUT2D eigenvalue weighted by molar-refractivity contribution is 5.61. The average Bonchev–Trinajstić information content (AvgIpc) is 2.82. The van der Waals surface area contributed by atoms with Gasteiger partial charge in [0.1, 0.15) is 11.6 Å². The molecule has 1 aromatic carbocycles. The fourth-order valence-corrected chi connectivity index (χ4v) is 1.46. The maximum atomic E-state index is 13.6. The van der Waals surface area contributed by atoms with Gasteiger partial charge in [0.2, 0.25) is 0 Å². The molecule has 0 spiro atoms. The Bertz CT molecular complexity index is 568. The number of halogens is 2. The Morgan fingerprint density at radius 2 is 2.06 bits per heavy atom. The lowest BCUT2D eigenvalue weighted by atomic mass is 10.1. The van der Waals surface area contributed by atoms with Crippen LogP contribution in [0.25, 0.3) is 11.5 Å².